The van der Waals surface area contributed by atoms with Gasteiger partial charge in [-0.05, 0) is 43.7 Å². The zero-order valence-corrected chi connectivity index (χ0v) is 18.5. The van der Waals surface area contributed by atoms with Crippen LogP contribution < -0.4 is 10.1 Å². The number of aromatic nitrogens is 3. The monoisotopic (exact) mass is 450 g/mol. The number of thioether (sulfide) groups is 1. The standard InChI is InChI=1S/C20H20Cl2N4O2S/c1-12-6-4-5-7-17(12)28-13(2)19-24-25-20(26(19)3)29-11-18(27)23-16-9-8-14(21)10-15(16)22/h4-10,13H,11H2,1-3H3,(H,23,27). The summed E-state index contributed by atoms with van der Waals surface area (Å²) in [4.78, 5) is 12.2. The number of benzene rings is 2. The molecule has 0 saturated heterocycles. The highest BCUT2D eigenvalue weighted by atomic mass is 35.5. The van der Waals surface area contributed by atoms with E-state index >= 15 is 0 Å². The van der Waals surface area contributed by atoms with Gasteiger partial charge in [0.15, 0.2) is 17.1 Å². The summed E-state index contributed by atoms with van der Waals surface area (Å²) >= 11 is 13.2. The number of nitrogens with zero attached hydrogens (tertiary/aromatic N) is 3. The van der Waals surface area contributed by atoms with E-state index in [-0.39, 0.29) is 17.8 Å². The molecule has 0 fully saturated rings. The van der Waals surface area contributed by atoms with Gasteiger partial charge < -0.3 is 14.6 Å². The Bertz CT molecular complexity index is 1030. The Balaban J connectivity index is 1.60. The molecule has 9 heteroatoms. The maximum absolute atomic E-state index is 12.2. The summed E-state index contributed by atoms with van der Waals surface area (Å²) in [5.74, 6) is 1.44. The van der Waals surface area contributed by atoms with Gasteiger partial charge in [0.2, 0.25) is 5.91 Å². The third-order valence-electron chi connectivity index (χ3n) is 4.17. The van der Waals surface area contributed by atoms with Crippen LogP contribution in [0.3, 0.4) is 0 Å². The number of para-hydroxylation sites is 1. The number of rotatable bonds is 7. The molecule has 0 aliphatic rings. The fraction of sp³-hybridized carbons (Fsp3) is 0.250. The van der Waals surface area contributed by atoms with Crippen LogP contribution in [-0.4, -0.2) is 26.4 Å². The number of carbonyl (C=O) groups is 1. The van der Waals surface area contributed by atoms with E-state index in [9.17, 15) is 4.79 Å². The molecule has 0 aliphatic carbocycles. The van der Waals surface area contributed by atoms with Crippen molar-refractivity contribution in [3.63, 3.8) is 0 Å². The van der Waals surface area contributed by atoms with Gasteiger partial charge in [-0.1, -0.05) is 53.2 Å². The first-order valence-electron chi connectivity index (χ1n) is 8.84. The first-order valence-corrected chi connectivity index (χ1v) is 10.6. The van der Waals surface area contributed by atoms with E-state index in [1.807, 2.05) is 49.7 Å². The van der Waals surface area contributed by atoms with Gasteiger partial charge in [-0.3, -0.25) is 4.79 Å². The highest BCUT2D eigenvalue weighted by molar-refractivity contribution is 7.99. The van der Waals surface area contributed by atoms with Gasteiger partial charge in [0.1, 0.15) is 5.75 Å². The molecule has 0 aliphatic heterocycles. The number of nitrogens with one attached hydrogen (secondary N) is 1. The Kier molecular flexibility index (Phi) is 7.05. The molecule has 3 rings (SSSR count). The molecule has 0 radical (unpaired) electrons. The van der Waals surface area contributed by atoms with Crippen LogP contribution in [0.5, 0.6) is 5.75 Å². The van der Waals surface area contributed by atoms with Crippen molar-refractivity contribution in [1.29, 1.82) is 0 Å². The van der Waals surface area contributed by atoms with E-state index in [0.717, 1.165) is 11.3 Å². The lowest BCUT2D eigenvalue weighted by molar-refractivity contribution is -0.113. The molecule has 2 aromatic carbocycles. The number of amides is 1. The summed E-state index contributed by atoms with van der Waals surface area (Å²) in [5, 5.41) is 12.7. The van der Waals surface area contributed by atoms with Gasteiger partial charge >= 0.3 is 0 Å². The fourth-order valence-corrected chi connectivity index (χ4v) is 3.82. The zero-order chi connectivity index (χ0) is 21.0. The van der Waals surface area contributed by atoms with Crippen molar-refractivity contribution in [3.05, 3.63) is 63.9 Å². The van der Waals surface area contributed by atoms with Crippen LogP contribution in [0.1, 0.15) is 24.4 Å². The molecule has 29 heavy (non-hydrogen) atoms. The van der Waals surface area contributed by atoms with Gasteiger partial charge in [0.05, 0.1) is 16.5 Å². The van der Waals surface area contributed by atoms with Crippen molar-refractivity contribution in [3.8, 4) is 5.75 Å². The lowest BCUT2D eigenvalue weighted by Gasteiger charge is -2.15. The molecule has 1 unspecified atom stereocenters. The van der Waals surface area contributed by atoms with Crippen molar-refractivity contribution in [2.75, 3.05) is 11.1 Å². The van der Waals surface area contributed by atoms with E-state index < -0.39 is 0 Å². The largest absolute Gasteiger partial charge is 0.482 e. The second kappa shape index (κ2) is 9.52. The van der Waals surface area contributed by atoms with Crippen molar-refractivity contribution in [2.45, 2.75) is 25.1 Å². The minimum absolute atomic E-state index is 0.165. The maximum atomic E-state index is 12.2. The minimum Gasteiger partial charge on any atom is -0.482 e. The van der Waals surface area contributed by atoms with E-state index in [4.69, 9.17) is 27.9 Å². The molecule has 0 spiro atoms. The highest BCUT2D eigenvalue weighted by Crippen LogP contribution is 2.27. The quantitative estimate of drug-likeness (QED) is 0.494. The van der Waals surface area contributed by atoms with Crippen molar-refractivity contribution in [2.24, 2.45) is 7.05 Å². The average molecular weight is 451 g/mol. The number of ether oxygens (including phenoxy) is 1. The maximum Gasteiger partial charge on any atom is 0.234 e. The van der Waals surface area contributed by atoms with Crippen LogP contribution in [0.15, 0.2) is 47.6 Å². The SMILES string of the molecule is Cc1ccccc1OC(C)c1nnc(SCC(=O)Nc2ccc(Cl)cc2Cl)n1C. The lowest BCUT2D eigenvalue weighted by Crippen LogP contribution is -2.15. The van der Waals surface area contributed by atoms with E-state index in [1.165, 1.54) is 11.8 Å². The fourth-order valence-electron chi connectivity index (χ4n) is 2.64. The Labute approximate surface area is 183 Å². The Morgan fingerprint density at radius 3 is 2.72 bits per heavy atom. The predicted octanol–water partition coefficient (Wildman–Crippen LogP) is 5.30. The summed E-state index contributed by atoms with van der Waals surface area (Å²) in [5.41, 5.74) is 1.56. The zero-order valence-electron chi connectivity index (χ0n) is 16.1. The van der Waals surface area contributed by atoms with Crippen LogP contribution in [0.2, 0.25) is 10.0 Å². The van der Waals surface area contributed by atoms with E-state index in [2.05, 4.69) is 15.5 Å². The third kappa shape index (κ3) is 5.44. The van der Waals surface area contributed by atoms with E-state index in [0.29, 0.717) is 26.7 Å². The molecule has 1 N–H and O–H groups in total. The minimum atomic E-state index is -0.287. The van der Waals surface area contributed by atoms with Crippen LogP contribution in [0, 0.1) is 6.92 Å². The molecule has 1 amide bonds. The molecular formula is C20H20Cl2N4O2S. The topological polar surface area (TPSA) is 69.0 Å². The van der Waals surface area contributed by atoms with Crippen molar-refractivity contribution in [1.82, 2.24) is 14.8 Å². The molecule has 152 valence electrons. The second-order valence-corrected chi connectivity index (χ2v) is 8.17. The highest BCUT2D eigenvalue weighted by Gasteiger charge is 2.18. The smallest absolute Gasteiger partial charge is 0.234 e. The number of halogens is 2. The predicted molar refractivity (Wildman–Crippen MR) is 117 cm³/mol. The van der Waals surface area contributed by atoms with Gasteiger partial charge in [0, 0.05) is 12.1 Å². The Morgan fingerprint density at radius 1 is 1.24 bits per heavy atom. The Hall–Kier alpha value is -2.22. The number of aryl methyl sites for hydroxylation is 1. The first-order chi connectivity index (χ1) is 13.8. The summed E-state index contributed by atoms with van der Waals surface area (Å²) in [6.07, 6.45) is -0.287. The van der Waals surface area contributed by atoms with Crippen LogP contribution in [0.4, 0.5) is 5.69 Å². The average Bonchev–Trinajstić information content (AvgIpc) is 3.05. The van der Waals surface area contributed by atoms with Gasteiger partial charge in [0.25, 0.3) is 0 Å². The van der Waals surface area contributed by atoms with Crippen molar-refractivity contribution < 1.29 is 9.53 Å². The third-order valence-corrected chi connectivity index (χ3v) is 5.74. The molecule has 6 nitrogen and oxygen atoms in total. The number of carbonyl (C=O) groups excluding carboxylic acids is 1. The number of hydrogen-bond donors (Lipinski definition) is 1. The van der Waals surface area contributed by atoms with E-state index in [1.54, 1.807) is 18.2 Å². The lowest BCUT2D eigenvalue weighted by atomic mass is 10.2. The summed E-state index contributed by atoms with van der Waals surface area (Å²) < 4.78 is 7.84. The van der Waals surface area contributed by atoms with Crippen molar-refractivity contribution >= 4 is 46.6 Å². The molecule has 0 bridgehead atoms. The molecular weight excluding hydrogens is 431 g/mol. The molecule has 0 saturated carbocycles. The van der Waals surface area contributed by atoms with Crippen LogP contribution >= 0.6 is 35.0 Å². The summed E-state index contributed by atoms with van der Waals surface area (Å²) in [6, 6.07) is 12.7. The van der Waals surface area contributed by atoms with Gasteiger partial charge in [-0.25, -0.2) is 0 Å². The first kappa shape index (κ1) is 21.5. The molecule has 1 atom stereocenters. The summed E-state index contributed by atoms with van der Waals surface area (Å²) in [6.45, 7) is 3.91. The van der Waals surface area contributed by atoms with Crippen LogP contribution in [-0.2, 0) is 11.8 Å². The normalized spacial score (nSPS) is 11.9. The molecule has 1 heterocycles. The number of hydrogen-bond acceptors (Lipinski definition) is 5. The Morgan fingerprint density at radius 2 is 2.00 bits per heavy atom. The summed E-state index contributed by atoms with van der Waals surface area (Å²) in [7, 11) is 1.85. The number of anilines is 1. The van der Waals surface area contributed by atoms with Crippen LogP contribution in [0.25, 0.3) is 0 Å². The molecule has 1 aromatic heterocycles. The van der Waals surface area contributed by atoms with Gasteiger partial charge in [-0.2, -0.15) is 0 Å². The van der Waals surface area contributed by atoms with Gasteiger partial charge in [-0.15, -0.1) is 10.2 Å². The molecule has 3 aromatic rings. The second-order valence-electron chi connectivity index (χ2n) is 6.39.